The van der Waals surface area contributed by atoms with E-state index in [-0.39, 0.29) is 36.6 Å². The molecule has 0 spiro atoms. The van der Waals surface area contributed by atoms with Gasteiger partial charge in [0.05, 0.1) is 12.7 Å². The molecule has 1 aliphatic carbocycles. The van der Waals surface area contributed by atoms with E-state index in [9.17, 15) is 20.0 Å². The minimum atomic E-state index is -0.801. The van der Waals surface area contributed by atoms with E-state index in [0.29, 0.717) is 17.7 Å². The first-order valence-corrected chi connectivity index (χ1v) is 9.56. The number of carbonyl (C=O) groups is 1. The zero-order chi connectivity index (χ0) is 21.0. The molecule has 0 fully saturated rings. The quantitative estimate of drug-likeness (QED) is 0.341. The Labute approximate surface area is 168 Å². The summed E-state index contributed by atoms with van der Waals surface area (Å²) in [6, 6.07) is 3.59. The fourth-order valence-electron chi connectivity index (χ4n) is 3.52. The third-order valence-corrected chi connectivity index (χ3v) is 5.06. The number of allylic oxidation sites excluding steroid dienone is 1. The normalized spacial score (nSPS) is 23.1. The highest BCUT2D eigenvalue weighted by molar-refractivity contribution is 5.93. The van der Waals surface area contributed by atoms with Gasteiger partial charge >= 0.3 is 0 Å². The Morgan fingerprint density at radius 2 is 2.24 bits per heavy atom. The maximum absolute atomic E-state index is 12.5. The van der Waals surface area contributed by atoms with Crippen LogP contribution in [0.3, 0.4) is 0 Å². The van der Waals surface area contributed by atoms with Crippen molar-refractivity contribution in [2.45, 2.75) is 37.5 Å². The largest absolute Gasteiger partial charge is 0.389 e. The first-order valence-electron chi connectivity index (χ1n) is 9.56. The Morgan fingerprint density at radius 3 is 2.93 bits per heavy atom. The zero-order valence-electron chi connectivity index (χ0n) is 16.3. The van der Waals surface area contributed by atoms with Crippen LogP contribution in [0.2, 0.25) is 0 Å². The summed E-state index contributed by atoms with van der Waals surface area (Å²) < 4.78 is 5.97. The minimum Gasteiger partial charge on any atom is -0.389 e. The number of aromatic amines is 1. The summed E-state index contributed by atoms with van der Waals surface area (Å²) in [6.07, 6.45) is 4.43. The molecule has 0 aromatic carbocycles. The number of aliphatic hydroxyl groups is 1. The summed E-state index contributed by atoms with van der Waals surface area (Å²) in [5, 5.41) is 26.6. The number of aromatic nitrogens is 1. The second kappa shape index (κ2) is 9.17. The van der Waals surface area contributed by atoms with Crippen molar-refractivity contribution in [1.82, 2.24) is 15.6 Å². The highest BCUT2D eigenvalue weighted by Gasteiger charge is 2.41. The molecule has 1 aromatic rings. The van der Waals surface area contributed by atoms with Crippen molar-refractivity contribution < 1.29 is 19.6 Å². The lowest BCUT2D eigenvalue weighted by molar-refractivity contribution is -0.480. The summed E-state index contributed by atoms with van der Waals surface area (Å²) in [7, 11) is 0. The molecule has 4 N–H and O–H groups in total. The predicted molar refractivity (Wildman–Crippen MR) is 107 cm³/mol. The first kappa shape index (κ1) is 21.0. The van der Waals surface area contributed by atoms with Crippen molar-refractivity contribution >= 4 is 5.91 Å². The van der Waals surface area contributed by atoms with E-state index in [1.165, 1.54) is 0 Å². The van der Waals surface area contributed by atoms with Crippen LogP contribution in [0.4, 0.5) is 0 Å². The second-order valence-electron chi connectivity index (χ2n) is 7.35. The molecular formula is C20H26N4O5. The molecule has 156 valence electrons. The predicted octanol–water partition coefficient (Wildman–Crippen LogP) is 0.999. The lowest BCUT2D eigenvalue weighted by Crippen LogP contribution is -2.38. The van der Waals surface area contributed by atoms with Gasteiger partial charge in [0.25, 0.3) is 0 Å². The molecule has 9 nitrogen and oxygen atoms in total. The average Bonchev–Trinajstić information content (AvgIpc) is 3.30. The lowest BCUT2D eigenvalue weighted by atomic mass is 9.86. The fourth-order valence-corrected chi connectivity index (χ4v) is 3.52. The fraction of sp³-hybridized carbons (Fsp3) is 0.450. The molecule has 1 amide bonds. The Kier molecular flexibility index (Phi) is 6.63. The van der Waals surface area contributed by atoms with Crippen molar-refractivity contribution in [2.75, 3.05) is 19.7 Å². The molecule has 0 radical (unpaired) electrons. The number of hydrogen-bond donors (Lipinski definition) is 4. The Hall–Kier alpha value is -2.75. The van der Waals surface area contributed by atoms with Crippen LogP contribution in [0.5, 0.6) is 0 Å². The Bertz CT molecular complexity index is 830. The smallest absolute Gasteiger partial charge is 0.237 e. The number of amides is 1. The van der Waals surface area contributed by atoms with E-state index in [0.717, 1.165) is 11.3 Å². The third-order valence-electron chi connectivity index (χ3n) is 5.06. The molecule has 0 saturated heterocycles. The second-order valence-corrected chi connectivity index (χ2v) is 7.35. The maximum Gasteiger partial charge on any atom is 0.237 e. The number of carbonyl (C=O) groups excluding carboxylic acids is 1. The number of ether oxygens (including phenoxy) is 1. The Balaban J connectivity index is 1.59. The number of nitrogens with one attached hydrogen (secondary N) is 3. The van der Waals surface area contributed by atoms with Gasteiger partial charge < -0.3 is 25.5 Å². The molecule has 29 heavy (non-hydrogen) atoms. The van der Waals surface area contributed by atoms with Gasteiger partial charge in [0.2, 0.25) is 12.5 Å². The van der Waals surface area contributed by atoms with Crippen molar-refractivity contribution in [2.24, 2.45) is 0 Å². The standard InChI is InChI=1S/C20H26N4O5/c1-12-5-6-16-17(18(20(26)23-16)15-4-3-8-21-15)19(12)29-11-14(25)10-22-13(2)7-9-24(27)28/h3-6,8,13-14,18-19,21-22,25H,1,7,9-11H2,2H3,(H,23,26). The van der Waals surface area contributed by atoms with Crippen molar-refractivity contribution in [3.63, 3.8) is 0 Å². The SMILES string of the molecule is C=C1C=CC2=C(C1OCC(O)CNC(C)CC[N+](=O)[O-])C(c1ccc[nH]1)C(=O)N2. The van der Waals surface area contributed by atoms with Crippen LogP contribution in [-0.4, -0.2) is 58.9 Å². The van der Waals surface area contributed by atoms with Crippen LogP contribution >= 0.6 is 0 Å². The van der Waals surface area contributed by atoms with Crippen LogP contribution < -0.4 is 10.6 Å². The topological polar surface area (TPSA) is 130 Å². The van der Waals surface area contributed by atoms with E-state index in [2.05, 4.69) is 22.2 Å². The summed E-state index contributed by atoms with van der Waals surface area (Å²) >= 11 is 0. The molecule has 1 aliphatic heterocycles. The molecule has 2 aliphatic rings. The maximum atomic E-state index is 12.5. The van der Waals surface area contributed by atoms with Crippen LogP contribution in [0.1, 0.15) is 25.0 Å². The summed E-state index contributed by atoms with van der Waals surface area (Å²) in [5.74, 6) is -0.628. The van der Waals surface area contributed by atoms with E-state index >= 15 is 0 Å². The number of aliphatic hydroxyl groups excluding tert-OH is 1. The number of H-pyrrole nitrogens is 1. The molecule has 3 rings (SSSR count). The minimum absolute atomic E-state index is 0.0366. The van der Waals surface area contributed by atoms with E-state index in [1.807, 2.05) is 25.1 Å². The van der Waals surface area contributed by atoms with E-state index in [4.69, 9.17) is 4.74 Å². The molecule has 0 saturated carbocycles. The molecule has 1 aromatic heterocycles. The third kappa shape index (κ3) is 5.00. The van der Waals surface area contributed by atoms with Gasteiger partial charge in [-0.05, 0) is 30.7 Å². The van der Waals surface area contributed by atoms with Gasteiger partial charge in [-0.15, -0.1) is 0 Å². The first-order chi connectivity index (χ1) is 13.9. The van der Waals surface area contributed by atoms with E-state index < -0.39 is 18.1 Å². The molecule has 4 atom stereocenters. The number of hydrogen-bond acceptors (Lipinski definition) is 6. The average molecular weight is 402 g/mol. The van der Waals surface area contributed by atoms with Crippen molar-refractivity contribution in [3.8, 4) is 0 Å². The van der Waals surface area contributed by atoms with Gasteiger partial charge in [-0.3, -0.25) is 14.9 Å². The summed E-state index contributed by atoms with van der Waals surface area (Å²) in [5.41, 5.74) is 2.96. The van der Waals surface area contributed by atoms with Gasteiger partial charge in [0, 0.05) is 47.1 Å². The van der Waals surface area contributed by atoms with Gasteiger partial charge in [0.15, 0.2) is 0 Å². The van der Waals surface area contributed by atoms with E-state index in [1.54, 1.807) is 12.3 Å². The Morgan fingerprint density at radius 1 is 1.45 bits per heavy atom. The molecule has 0 bridgehead atoms. The van der Waals surface area contributed by atoms with Crippen LogP contribution in [0, 0.1) is 10.1 Å². The monoisotopic (exact) mass is 402 g/mol. The highest BCUT2D eigenvalue weighted by Crippen LogP contribution is 2.39. The molecule has 2 heterocycles. The number of rotatable bonds is 10. The number of nitro groups is 1. The van der Waals surface area contributed by atoms with Crippen LogP contribution in [-0.2, 0) is 9.53 Å². The highest BCUT2D eigenvalue weighted by atomic mass is 16.6. The molecular weight excluding hydrogens is 376 g/mol. The molecule has 4 unspecified atom stereocenters. The van der Waals surface area contributed by atoms with Crippen LogP contribution in [0.25, 0.3) is 0 Å². The summed E-state index contributed by atoms with van der Waals surface area (Å²) in [4.78, 5) is 25.7. The van der Waals surface area contributed by atoms with Crippen LogP contribution in [0.15, 0.2) is 53.9 Å². The molecule has 9 heteroatoms. The van der Waals surface area contributed by atoms with Gasteiger partial charge in [-0.25, -0.2) is 0 Å². The number of nitrogens with zero attached hydrogens (tertiary/aromatic N) is 1. The van der Waals surface area contributed by atoms with Gasteiger partial charge in [-0.1, -0.05) is 12.7 Å². The van der Waals surface area contributed by atoms with Crippen molar-refractivity contribution in [3.05, 3.63) is 69.7 Å². The summed E-state index contributed by atoms with van der Waals surface area (Å²) in [6.45, 7) is 6.03. The van der Waals surface area contributed by atoms with Gasteiger partial charge in [0.1, 0.15) is 12.0 Å². The zero-order valence-corrected chi connectivity index (χ0v) is 16.3. The lowest BCUT2D eigenvalue weighted by Gasteiger charge is -2.27. The van der Waals surface area contributed by atoms with Gasteiger partial charge in [-0.2, -0.15) is 0 Å². The van der Waals surface area contributed by atoms with Crippen molar-refractivity contribution in [1.29, 1.82) is 0 Å².